The molecule has 0 aliphatic heterocycles. The van der Waals surface area contributed by atoms with Crippen LogP contribution in [0.1, 0.15) is 43.1 Å². The summed E-state index contributed by atoms with van der Waals surface area (Å²) in [5.74, 6) is 0.00295. The third-order valence-corrected chi connectivity index (χ3v) is 5.81. The predicted molar refractivity (Wildman–Crippen MR) is 111 cm³/mol. The monoisotopic (exact) mass is 408 g/mol. The van der Waals surface area contributed by atoms with Gasteiger partial charge in [0.2, 0.25) is 5.95 Å². The van der Waals surface area contributed by atoms with E-state index in [1.807, 2.05) is 13.8 Å². The van der Waals surface area contributed by atoms with E-state index in [0.29, 0.717) is 29.7 Å². The Balaban J connectivity index is 1.42. The van der Waals surface area contributed by atoms with Crippen molar-refractivity contribution in [2.24, 2.45) is 11.7 Å². The molecule has 1 aliphatic carbocycles. The van der Waals surface area contributed by atoms with Crippen molar-refractivity contribution < 1.29 is 8.78 Å². The molecule has 6 nitrogen and oxygen atoms in total. The molecule has 0 amide bonds. The van der Waals surface area contributed by atoms with Crippen molar-refractivity contribution in [2.75, 3.05) is 5.73 Å². The average Bonchev–Trinajstić information content (AvgIpc) is 3.30. The summed E-state index contributed by atoms with van der Waals surface area (Å²) in [7, 11) is 0. The van der Waals surface area contributed by atoms with Crippen molar-refractivity contribution in [1.82, 2.24) is 19.6 Å². The number of aromatic nitrogens is 4. The van der Waals surface area contributed by atoms with Crippen LogP contribution in [0, 0.1) is 17.6 Å². The normalized spacial score (nSPS) is 19.0. The maximum Gasteiger partial charge on any atom is 0.223 e. The Kier molecular flexibility index (Phi) is 4.05. The second-order valence-electron chi connectivity index (χ2n) is 8.67. The number of fused-ring (bicyclic) bond motifs is 3. The van der Waals surface area contributed by atoms with Gasteiger partial charge >= 0.3 is 0 Å². The SMILES string of the molecule is CC(C)(N)c1ccc([C@@H]2C[C@H]2Cc2nc3c4cc(F)cc(F)c4nc(N)n3n2)cc1. The highest BCUT2D eigenvalue weighted by Crippen LogP contribution is 2.49. The summed E-state index contributed by atoms with van der Waals surface area (Å²) >= 11 is 0. The highest BCUT2D eigenvalue weighted by atomic mass is 19.1. The Bertz CT molecular complexity index is 1270. The molecular formula is C22H22F2N6. The van der Waals surface area contributed by atoms with Crippen LogP contribution >= 0.6 is 0 Å². The van der Waals surface area contributed by atoms with E-state index in [0.717, 1.165) is 18.1 Å². The van der Waals surface area contributed by atoms with Gasteiger partial charge in [-0.2, -0.15) is 4.52 Å². The van der Waals surface area contributed by atoms with Gasteiger partial charge in [-0.25, -0.2) is 18.7 Å². The average molecular weight is 408 g/mol. The van der Waals surface area contributed by atoms with Crippen LogP contribution in [0.5, 0.6) is 0 Å². The fraction of sp³-hybridized carbons (Fsp3) is 0.318. The number of anilines is 1. The van der Waals surface area contributed by atoms with Crippen LogP contribution in [-0.4, -0.2) is 19.6 Å². The van der Waals surface area contributed by atoms with Crippen LogP contribution < -0.4 is 11.5 Å². The lowest BCUT2D eigenvalue weighted by Crippen LogP contribution is -2.28. The van der Waals surface area contributed by atoms with Gasteiger partial charge in [0, 0.05) is 18.0 Å². The molecule has 5 rings (SSSR count). The number of rotatable bonds is 4. The molecule has 2 aromatic heterocycles. The lowest BCUT2D eigenvalue weighted by Gasteiger charge is -2.19. The van der Waals surface area contributed by atoms with Gasteiger partial charge in [0.1, 0.15) is 11.3 Å². The first-order valence-electron chi connectivity index (χ1n) is 9.90. The fourth-order valence-corrected chi connectivity index (χ4v) is 4.06. The van der Waals surface area contributed by atoms with E-state index >= 15 is 0 Å². The zero-order valence-electron chi connectivity index (χ0n) is 16.7. The van der Waals surface area contributed by atoms with E-state index in [-0.39, 0.29) is 22.4 Å². The summed E-state index contributed by atoms with van der Waals surface area (Å²) in [5.41, 5.74) is 14.4. The minimum absolute atomic E-state index is 0.00688. The number of halogens is 2. The fourth-order valence-electron chi connectivity index (χ4n) is 4.06. The molecule has 2 atom stereocenters. The van der Waals surface area contributed by atoms with Crippen LogP contribution in [0.2, 0.25) is 0 Å². The van der Waals surface area contributed by atoms with Crippen molar-refractivity contribution in [2.45, 2.75) is 38.1 Å². The van der Waals surface area contributed by atoms with Gasteiger partial charge in [-0.1, -0.05) is 24.3 Å². The highest BCUT2D eigenvalue weighted by molar-refractivity contribution is 5.92. The number of nitrogen functional groups attached to an aromatic ring is 1. The van der Waals surface area contributed by atoms with Crippen LogP contribution in [0.15, 0.2) is 36.4 Å². The molecule has 30 heavy (non-hydrogen) atoms. The zero-order chi connectivity index (χ0) is 21.2. The number of nitrogens with two attached hydrogens (primary N) is 2. The smallest absolute Gasteiger partial charge is 0.223 e. The van der Waals surface area contributed by atoms with E-state index in [2.05, 4.69) is 39.3 Å². The number of benzene rings is 2. The number of nitrogens with zero attached hydrogens (tertiary/aromatic N) is 4. The molecule has 4 N–H and O–H groups in total. The van der Waals surface area contributed by atoms with Gasteiger partial charge < -0.3 is 11.5 Å². The van der Waals surface area contributed by atoms with Gasteiger partial charge in [0.15, 0.2) is 17.3 Å². The number of hydrogen-bond donors (Lipinski definition) is 2. The van der Waals surface area contributed by atoms with Gasteiger partial charge in [-0.3, -0.25) is 0 Å². The molecule has 0 spiro atoms. The first kappa shape index (κ1) is 18.9. The lowest BCUT2D eigenvalue weighted by molar-refractivity contribution is 0.554. The summed E-state index contributed by atoms with van der Waals surface area (Å²) < 4.78 is 29.2. The molecule has 0 radical (unpaired) electrons. The Morgan fingerprint density at radius 1 is 1.13 bits per heavy atom. The molecule has 1 fully saturated rings. The summed E-state index contributed by atoms with van der Waals surface area (Å²) in [6.07, 6.45) is 1.70. The molecular weight excluding hydrogens is 386 g/mol. The highest BCUT2D eigenvalue weighted by Gasteiger charge is 2.39. The molecule has 1 saturated carbocycles. The maximum atomic E-state index is 14.1. The van der Waals surface area contributed by atoms with Crippen LogP contribution in [0.3, 0.4) is 0 Å². The van der Waals surface area contributed by atoms with E-state index < -0.39 is 11.6 Å². The zero-order valence-corrected chi connectivity index (χ0v) is 16.7. The summed E-state index contributed by atoms with van der Waals surface area (Å²) in [6, 6.07) is 10.4. The predicted octanol–water partition coefficient (Wildman–Crippen LogP) is 3.68. The van der Waals surface area contributed by atoms with Crippen molar-refractivity contribution in [3.8, 4) is 0 Å². The van der Waals surface area contributed by atoms with Crippen LogP contribution in [0.25, 0.3) is 16.6 Å². The standard InChI is InChI=1S/C22H22F2N6/c1-22(2,26)13-5-3-11(4-6-13)15-7-12(15)8-18-27-20-16-9-14(23)10-17(24)19(16)28-21(25)30(20)29-18/h3-6,9-10,12,15H,7-8,26H2,1-2H3,(H2,25,28)/t12-,15-/m0/s1. The third-order valence-electron chi connectivity index (χ3n) is 5.81. The van der Waals surface area contributed by atoms with Crippen molar-refractivity contribution >= 4 is 22.5 Å². The molecule has 1 aliphatic rings. The van der Waals surface area contributed by atoms with Gasteiger partial charge in [-0.05, 0) is 49.3 Å². The molecule has 8 heteroatoms. The summed E-state index contributed by atoms with van der Waals surface area (Å²) in [4.78, 5) is 8.55. The minimum Gasteiger partial charge on any atom is -0.368 e. The maximum absolute atomic E-state index is 14.1. The van der Waals surface area contributed by atoms with Crippen molar-refractivity contribution in [1.29, 1.82) is 0 Å². The Hall–Kier alpha value is -3.13. The van der Waals surface area contributed by atoms with Crippen LogP contribution in [-0.2, 0) is 12.0 Å². The first-order valence-corrected chi connectivity index (χ1v) is 9.90. The van der Waals surface area contributed by atoms with E-state index in [1.54, 1.807) is 0 Å². The van der Waals surface area contributed by atoms with Crippen molar-refractivity contribution in [3.05, 3.63) is 65.0 Å². The van der Waals surface area contributed by atoms with Crippen LogP contribution in [0.4, 0.5) is 14.7 Å². The summed E-state index contributed by atoms with van der Waals surface area (Å²) in [5, 5.41) is 4.69. The number of hydrogen-bond acceptors (Lipinski definition) is 5. The van der Waals surface area contributed by atoms with E-state index in [1.165, 1.54) is 16.1 Å². The van der Waals surface area contributed by atoms with E-state index in [9.17, 15) is 8.78 Å². The Labute approximate surface area is 171 Å². The second kappa shape index (κ2) is 6.43. The Morgan fingerprint density at radius 2 is 1.87 bits per heavy atom. The molecule has 0 bridgehead atoms. The van der Waals surface area contributed by atoms with Gasteiger partial charge in [0.25, 0.3) is 0 Å². The van der Waals surface area contributed by atoms with E-state index in [4.69, 9.17) is 11.5 Å². The summed E-state index contributed by atoms with van der Waals surface area (Å²) in [6.45, 7) is 3.97. The second-order valence-corrected chi connectivity index (χ2v) is 8.67. The molecule has 2 aromatic carbocycles. The minimum atomic E-state index is -0.768. The molecule has 0 saturated heterocycles. The Morgan fingerprint density at radius 3 is 2.57 bits per heavy atom. The topological polar surface area (TPSA) is 95.1 Å². The molecule has 4 aromatic rings. The van der Waals surface area contributed by atoms with Gasteiger partial charge in [-0.15, -0.1) is 5.10 Å². The lowest BCUT2D eigenvalue weighted by atomic mass is 9.94. The quantitative estimate of drug-likeness (QED) is 0.537. The molecule has 2 heterocycles. The van der Waals surface area contributed by atoms with Gasteiger partial charge in [0.05, 0.1) is 5.39 Å². The van der Waals surface area contributed by atoms with Crippen molar-refractivity contribution in [3.63, 3.8) is 0 Å². The first-order chi connectivity index (χ1) is 14.2. The molecule has 154 valence electrons. The third kappa shape index (κ3) is 3.17. The largest absolute Gasteiger partial charge is 0.368 e. The molecule has 0 unspecified atom stereocenters.